The van der Waals surface area contributed by atoms with E-state index >= 15 is 0 Å². The molecule has 4 aromatic rings. The summed E-state index contributed by atoms with van der Waals surface area (Å²) < 4.78 is 1.66. The van der Waals surface area contributed by atoms with Gasteiger partial charge in [-0.15, -0.1) is 0 Å². The first-order chi connectivity index (χ1) is 23.3. The number of halogens is 1. The molecule has 0 saturated carbocycles. The normalized spacial score (nSPS) is 16.9. The van der Waals surface area contributed by atoms with Crippen LogP contribution in [0.15, 0.2) is 60.0 Å². The zero-order valence-electron chi connectivity index (χ0n) is 30.4. The number of hydrogen-bond donors (Lipinski definition) is 0. The number of hydrogen-bond acceptors (Lipinski definition) is 7. The van der Waals surface area contributed by atoms with Crippen molar-refractivity contribution in [2.24, 2.45) is 0 Å². The molecule has 9 nitrogen and oxygen atoms in total. The Labute approximate surface area is 295 Å². The number of pyridine rings is 2. The number of aromatic nitrogens is 4. The lowest BCUT2D eigenvalue weighted by atomic mass is 9.95. The van der Waals surface area contributed by atoms with E-state index in [1.807, 2.05) is 55.3 Å². The molecule has 1 saturated heterocycles. The fourth-order valence-corrected chi connectivity index (χ4v) is 7.23. The van der Waals surface area contributed by atoms with Crippen molar-refractivity contribution in [3.05, 3.63) is 87.6 Å². The Morgan fingerprint density at radius 1 is 1.04 bits per heavy atom. The van der Waals surface area contributed by atoms with Crippen LogP contribution in [0, 0.1) is 0 Å². The van der Waals surface area contributed by atoms with Crippen LogP contribution < -0.4 is 10.6 Å². The van der Waals surface area contributed by atoms with Crippen LogP contribution in [0.1, 0.15) is 91.0 Å². The quantitative estimate of drug-likeness (QED) is 0.159. The van der Waals surface area contributed by atoms with E-state index in [1.54, 1.807) is 4.57 Å². The Morgan fingerprint density at radius 3 is 2.39 bits per heavy atom. The summed E-state index contributed by atoms with van der Waals surface area (Å²) in [6, 6.07) is 12.1. The summed E-state index contributed by atoms with van der Waals surface area (Å²) in [5.41, 5.74) is 5.18. The number of carbonyl (C=O) groups is 1. The van der Waals surface area contributed by atoms with Gasteiger partial charge in [-0.25, -0.2) is 14.3 Å². The van der Waals surface area contributed by atoms with Gasteiger partial charge in [-0.1, -0.05) is 77.1 Å². The predicted molar refractivity (Wildman–Crippen MR) is 201 cm³/mol. The summed E-state index contributed by atoms with van der Waals surface area (Å²) in [5, 5.41) is 1.14. The summed E-state index contributed by atoms with van der Waals surface area (Å²) in [4.78, 5) is 48.6. The SMILES string of the molecule is C=CC(=O)N1CC(C)N(c2nc(=O)n(-c3c(CN(CC)C(C)C)ccnc3C(C)C)c3nc(-c4ccccc4C(C)C)c(Cl)cc23)CC1C. The molecule has 1 amide bonds. The fourth-order valence-electron chi connectivity index (χ4n) is 6.98. The topological polar surface area (TPSA) is 87.5 Å². The maximum absolute atomic E-state index is 14.7. The number of piperazine rings is 1. The first kappa shape index (κ1) is 36.2. The van der Waals surface area contributed by atoms with Gasteiger partial charge in [0, 0.05) is 49.5 Å². The molecule has 0 radical (unpaired) electrons. The molecule has 0 spiro atoms. The molecule has 4 heterocycles. The minimum atomic E-state index is -0.436. The molecule has 2 unspecified atom stereocenters. The van der Waals surface area contributed by atoms with Crippen LogP contribution in [0.5, 0.6) is 0 Å². The minimum absolute atomic E-state index is 0.0236. The highest BCUT2D eigenvalue weighted by Crippen LogP contribution is 2.38. The molecule has 0 N–H and O–H groups in total. The molecule has 1 aromatic carbocycles. The van der Waals surface area contributed by atoms with Crippen LogP contribution in [0.2, 0.25) is 5.02 Å². The highest BCUT2D eigenvalue weighted by Gasteiger charge is 2.34. The van der Waals surface area contributed by atoms with Crippen LogP contribution in [0.4, 0.5) is 5.82 Å². The minimum Gasteiger partial charge on any atom is -0.349 e. The van der Waals surface area contributed by atoms with E-state index in [2.05, 4.69) is 70.9 Å². The lowest BCUT2D eigenvalue weighted by molar-refractivity contribution is -0.128. The molecule has 1 aliphatic rings. The molecular weight excluding hydrogens is 634 g/mol. The third-order valence-electron chi connectivity index (χ3n) is 9.67. The zero-order valence-corrected chi connectivity index (χ0v) is 31.1. The Kier molecular flexibility index (Phi) is 10.9. The Bertz CT molecular complexity index is 1920. The Balaban J connectivity index is 1.86. The van der Waals surface area contributed by atoms with E-state index in [0.717, 1.165) is 28.9 Å². The number of amides is 1. The average Bonchev–Trinajstić information content (AvgIpc) is 3.07. The molecule has 2 atom stereocenters. The molecule has 3 aromatic heterocycles. The van der Waals surface area contributed by atoms with E-state index in [0.29, 0.717) is 58.9 Å². The first-order valence-electron chi connectivity index (χ1n) is 17.4. The van der Waals surface area contributed by atoms with Crippen molar-refractivity contribution in [1.29, 1.82) is 0 Å². The van der Waals surface area contributed by atoms with Gasteiger partial charge in [0.25, 0.3) is 0 Å². The number of benzene rings is 1. The second-order valence-corrected chi connectivity index (χ2v) is 14.5. The maximum atomic E-state index is 14.7. The van der Waals surface area contributed by atoms with E-state index < -0.39 is 5.69 Å². The highest BCUT2D eigenvalue weighted by molar-refractivity contribution is 6.34. The van der Waals surface area contributed by atoms with E-state index in [1.165, 1.54) is 6.08 Å². The van der Waals surface area contributed by atoms with Crippen LogP contribution >= 0.6 is 11.6 Å². The van der Waals surface area contributed by atoms with Crippen molar-refractivity contribution in [3.8, 4) is 16.9 Å². The van der Waals surface area contributed by atoms with E-state index in [9.17, 15) is 9.59 Å². The third kappa shape index (κ3) is 7.01. The summed E-state index contributed by atoms with van der Waals surface area (Å²) in [6.45, 7) is 25.1. The number of rotatable bonds is 10. The first-order valence-corrected chi connectivity index (χ1v) is 17.8. The summed E-state index contributed by atoms with van der Waals surface area (Å²) in [6.07, 6.45) is 3.18. The average molecular weight is 684 g/mol. The molecule has 1 fully saturated rings. The summed E-state index contributed by atoms with van der Waals surface area (Å²) in [5.74, 6) is 0.646. The number of nitrogens with zero attached hydrogens (tertiary/aromatic N) is 7. The summed E-state index contributed by atoms with van der Waals surface area (Å²) >= 11 is 7.17. The Morgan fingerprint density at radius 2 is 1.76 bits per heavy atom. The van der Waals surface area contributed by atoms with Gasteiger partial charge in [0.15, 0.2) is 5.65 Å². The van der Waals surface area contributed by atoms with Crippen molar-refractivity contribution >= 4 is 34.4 Å². The van der Waals surface area contributed by atoms with Gasteiger partial charge in [-0.3, -0.25) is 14.7 Å². The lowest BCUT2D eigenvalue weighted by Gasteiger charge is -2.44. The fraction of sp³-hybridized carbons (Fsp3) is 0.462. The van der Waals surface area contributed by atoms with Gasteiger partial charge in [-0.2, -0.15) is 4.98 Å². The predicted octanol–water partition coefficient (Wildman–Crippen LogP) is 7.58. The third-order valence-corrected chi connectivity index (χ3v) is 9.96. The van der Waals surface area contributed by atoms with E-state index in [4.69, 9.17) is 26.6 Å². The van der Waals surface area contributed by atoms with Gasteiger partial charge in [-0.05, 0) is 75.4 Å². The molecule has 49 heavy (non-hydrogen) atoms. The van der Waals surface area contributed by atoms with Crippen molar-refractivity contribution in [1.82, 2.24) is 29.3 Å². The van der Waals surface area contributed by atoms with Gasteiger partial charge in [0.2, 0.25) is 5.91 Å². The highest BCUT2D eigenvalue weighted by atomic mass is 35.5. The van der Waals surface area contributed by atoms with Gasteiger partial charge >= 0.3 is 5.69 Å². The second-order valence-electron chi connectivity index (χ2n) is 14.0. The molecule has 0 bridgehead atoms. The van der Waals surface area contributed by atoms with Crippen molar-refractivity contribution in [2.75, 3.05) is 24.5 Å². The molecule has 260 valence electrons. The molecular formula is C39H50ClN7O2. The standard InChI is InChI=1S/C39H50ClN7O2/c1-11-33(48)45-20-27(10)46(21-26(45)9)37-31-19-32(40)35(30-16-14-13-15-29(30)23(3)4)42-38(31)47(39(49)43-37)36-28(22-44(12-2)25(7)8)17-18-41-34(36)24(5)6/h11,13-19,23-27H,1,12,20-22H2,2-10H3. The van der Waals surface area contributed by atoms with Crippen LogP contribution in [-0.2, 0) is 11.3 Å². The maximum Gasteiger partial charge on any atom is 0.355 e. The monoisotopic (exact) mass is 683 g/mol. The second kappa shape index (κ2) is 14.8. The molecule has 5 rings (SSSR count). The molecule has 1 aliphatic heterocycles. The van der Waals surface area contributed by atoms with Crippen LogP contribution in [0.25, 0.3) is 28.0 Å². The number of carbonyl (C=O) groups excluding carboxylic acids is 1. The van der Waals surface area contributed by atoms with Crippen molar-refractivity contribution < 1.29 is 4.79 Å². The van der Waals surface area contributed by atoms with Gasteiger partial charge < -0.3 is 9.80 Å². The summed E-state index contributed by atoms with van der Waals surface area (Å²) in [7, 11) is 0. The largest absolute Gasteiger partial charge is 0.355 e. The van der Waals surface area contributed by atoms with Gasteiger partial charge in [0.05, 0.1) is 27.5 Å². The van der Waals surface area contributed by atoms with Gasteiger partial charge in [0.1, 0.15) is 5.82 Å². The van der Waals surface area contributed by atoms with E-state index in [-0.39, 0.29) is 29.8 Å². The lowest BCUT2D eigenvalue weighted by Crippen LogP contribution is -2.58. The Hall–Kier alpha value is -4.08. The van der Waals surface area contributed by atoms with Crippen LogP contribution in [0.3, 0.4) is 0 Å². The van der Waals surface area contributed by atoms with Crippen molar-refractivity contribution in [3.63, 3.8) is 0 Å². The smallest absolute Gasteiger partial charge is 0.349 e. The number of fused-ring (bicyclic) bond motifs is 1. The number of anilines is 1. The molecule has 10 heteroatoms. The molecule has 0 aliphatic carbocycles. The van der Waals surface area contributed by atoms with Crippen LogP contribution in [-0.4, -0.2) is 73.0 Å². The zero-order chi connectivity index (χ0) is 35.7. The van der Waals surface area contributed by atoms with Crippen molar-refractivity contribution in [2.45, 2.75) is 98.8 Å².